The molecule has 1 aliphatic rings. The highest BCUT2D eigenvalue weighted by atomic mass is 16.5. The number of carbonyl (C=O) groups is 1. The number of aryl methyl sites for hydroxylation is 2. The number of carbonyl (C=O) groups excluding carboxylic acids is 1. The van der Waals surface area contributed by atoms with E-state index in [0.717, 1.165) is 11.1 Å². The molecule has 1 unspecified atom stereocenters. The molecule has 1 N–H and O–H groups in total. The zero-order valence-corrected chi connectivity index (χ0v) is 17.7. The summed E-state index contributed by atoms with van der Waals surface area (Å²) in [6, 6.07) is 12.8. The van der Waals surface area contributed by atoms with E-state index in [1.165, 1.54) is 18.1 Å². The molecule has 0 saturated heterocycles. The topological polar surface area (TPSA) is 92.9 Å². The molecule has 32 heavy (non-hydrogen) atoms. The summed E-state index contributed by atoms with van der Waals surface area (Å²) < 4.78 is 11.2. The molecule has 7 heteroatoms. The summed E-state index contributed by atoms with van der Waals surface area (Å²) in [5.74, 6) is 0.130. The van der Waals surface area contributed by atoms with Crippen LogP contribution in [-0.2, 0) is 0 Å². The molecule has 1 aliphatic heterocycles. The Bertz CT molecular complexity index is 1440. The van der Waals surface area contributed by atoms with Crippen LogP contribution in [0, 0.1) is 13.8 Å². The highest BCUT2D eigenvalue weighted by molar-refractivity contribution is 6.10. The zero-order valence-electron chi connectivity index (χ0n) is 17.7. The van der Waals surface area contributed by atoms with Crippen molar-refractivity contribution < 1.29 is 19.1 Å². The zero-order chi connectivity index (χ0) is 22.6. The number of benzene rings is 2. The Morgan fingerprint density at radius 2 is 1.81 bits per heavy atom. The molecule has 1 amide bonds. The van der Waals surface area contributed by atoms with Crippen LogP contribution in [0.3, 0.4) is 0 Å². The molecule has 160 valence electrons. The summed E-state index contributed by atoms with van der Waals surface area (Å²) in [7, 11) is 1.44. The number of aromatic nitrogens is 1. The van der Waals surface area contributed by atoms with Crippen molar-refractivity contribution in [2.45, 2.75) is 19.9 Å². The number of ether oxygens (including phenoxy) is 1. The molecule has 3 heterocycles. The van der Waals surface area contributed by atoms with Crippen molar-refractivity contribution in [3.05, 3.63) is 93.0 Å². The fourth-order valence-corrected chi connectivity index (χ4v) is 4.11. The third kappa shape index (κ3) is 2.93. The Labute approximate surface area is 183 Å². The lowest BCUT2D eigenvalue weighted by Crippen LogP contribution is -2.30. The number of phenolic OH excluding ortho intramolecular Hbond substituents is 1. The first-order valence-corrected chi connectivity index (χ1v) is 10.1. The first kappa shape index (κ1) is 19.8. The van der Waals surface area contributed by atoms with Crippen LogP contribution in [0.2, 0.25) is 0 Å². The van der Waals surface area contributed by atoms with Crippen molar-refractivity contribution in [2.24, 2.45) is 0 Å². The normalized spacial score (nSPS) is 15.3. The van der Waals surface area contributed by atoms with Crippen LogP contribution >= 0.6 is 0 Å². The van der Waals surface area contributed by atoms with Gasteiger partial charge in [0.05, 0.1) is 24.1 Å². The number of pyridine rings is 1. The largest absolute Gasteiger partial charge is 0.504 e. The fraction of sp³-hybridized carbons (Fsp3) is 0.160. The fourth-order valence-electron chi connectivity index (χ4n) is 4.11. The second kappa shape index (κ2) is 7.23. The van der Waals surface area contributed by atoms with E-state index < -0.39 is 11.9 Å². The van der Waals surface area contributed by atoms with E-state index >= 15 is 0 Å². The van der Waals surface area contributed by atoms with Crippen molar-refractivity contribution >= 4 is 22.7 Å². The molecule has 0 radical (unpaired) electrons. The third-order valence-corrected chi connectivity index (χ3v) is 5.69. The highest BCUT2D eigenvalue weighted by Crippen LogP contribution is 2.42. The number of aromatic hydroxyl groups is 1. The summed E-state index contributed by atoms with van der Waals surface area (Å²) >= 11 is 0. The average Bonchev–Trinajstić information content (AvgIpc) is 3.08. The molecular formula is C25H20N2O5. The van der Waals surface area contributed by atoms with Crippen LogP contribution in [0.1, 0.15) is 38.9 Å². The van der Waals surface area contributed by atoms with E-state index in [4.69, 9.17) is 9.15 Å². The number of hydrogen-bond acceptors (Lipinski definition) is 6. The van der Waals surface area contributed by atoms with Gasteiger partial charge in [-0.1, -0.05) is 23.8 Å². The van der Waals surface area contributed by atoms with Gasteiger partial charge in [0, 0.05) is 6.20 Å². The minimum atomic E-state index is -0.789. The summed E-state index contributed by atoms with van der Waals surface area (Å²) in [5, 5.41) is 10.5. The molecule has 0 saturated carbocycles. The Kier molecular flexibility index (Phi) is 4.48. The lowest BCUT2D eigenvalue weighted by Gasteiger charge is -2.24. The van der Waals surface area contributed by atoms with E-state index in [0.29, 0.717) is 22.4 Å². The molecule has 4 aromatic rings. The third-order valence-electron chi connectivity index (χ3n) is 5.69. The Hall–Kier alpha value is -4.13. The van der Waals surface area contributed by atoms with Gasteiger partial charge < -0.3 is 14.3 Å². The maximum absolute atomic E-state index is 13.6. The van der Waals surface area contributed by atoms with Gasteiger partial charge >= 0.3 is 0 Å². The molecule has 0 bridgehead atoms. The second-order valence-electron chi connectivity index (χ2n) is 7.88. The number of fused-ring (bicyclic) bond motifs is 2. The van der Waals surface area contributed by atoms with Crippen molar-refractivity contribution in [1.29, 1.82) is 0 Å². The molecule has 7 nitrogen and oxygen atoms in total. The number of rotatable bonds is 3. The molecule has 1 atom stereocenters. The number of phenols is 1. The van der Waals surface area contributed by atoms with E-state index in [-0.39, 0.29) is 28.3 Å². The number of anilines is 1. The molecule has 2 aromatic carbocycles. The maximum Gasteiger partial charge on any atom is 0.296 e. The van der Waals surface area contributed by atoms with Gasteiger partial charge in [-0.15, -0.1) is 0 Å². The molecular weight excluding hydrogens is 408 g/mol. The number of hydrogen-bond donors (Lipinski definition) is 1. The molecule has 0 fully saturated rings. The van der Waals surface area contributed by atoms with Crippen molar-refractivity contribution in [2.75, 3.05) is 12.0 Å². The van der Waals surface area contributed by atoms with Crippen LogP contribution in [0.15, 0.2) is 63.9 Å². The van der Waals surface area contributed by atoms with Gasteiger partial charge in [-0.05, 0) is 55.3 Å². The first-order chi connectivity index (χ1) is 15.4. The summed E-state index contributed by atoms with van der Waals surface area (Å²) in [4.78, 5) is 33.0. The predicted molar refractivity (Wildman–Crippen MR) is 120 cm³/mol. The quantitative estimate of drug-likeness (QED) is 0.524. The van der Waals surface area contributed by atoms with Gasteiger partial charge in [0.2, 0.25) is 5.76 Å². The highest BCUT2D eigenvalue weighted by Gasteiger charge is 2.44. The lowest BCUT2D eigenvalue weighted by molar-refractivity contribution is 0.0970. The van der Waals surface area contributed by atoms with Gasteiger partial charge in [-0.2, -0.15) is 0 Å². The Morgan fingerprint density at radius 3 is 2.53 bits per heavy atom. The lowest BCUT2D eigenvalue weighted by atomic mass is 9.97. The summed E-state index contributed by atoms with van der Waals surface area (Å²) in [6.45, 7) is 3.79. The van der Waals surface area contributed by atoms with E-state index in [1.807, 2.05) is 26.0 Å². The number of amides is 1. The van der Waals surface area contributed by atoms with Crippen molar-refractivity contribution in [3.8, 4) is 11.5 Å². The Balaban J connectivity index is 1.82. The predicted octanol–water partition coefficient (Wildman–Crippen LogP) is 4.27. The molecule has 5 rings (SSSR count). The van der Waals surface area contributed by atoms with Crippen molar-refractivity contribution in [3.63, 3.8) is 0 Å². The van der Waals surface area contributed by atoms with Crippen molar-refractivity contribution in [1.82, 2.24) is 4.98 Å². The van der Waals surface area contributed by atoms with Crippen LogP contribution < -0.4 is 15.1 Å². The van der Waals surface area contributed by atoms with Gasteiger partial charge in [0.1, 0.15) is 11.4 Å². The van der Waals surface area contributed by atoms with Crippen LogP contribution in [0.4, 0.5) is 5.82 Å². The van der Waals surface area contributed by atoms with Gasteiger partial charge in [-0.3, -0.25) is 14.5 Å². The number of nitrogens with zero attached hydrogens (tertiary/aromatic N) is 2. The first-order valence-electron chi connectivity index (χ1n) is 10.1. The summed E-state index contributed by atoms with van der Waals surface area (Å²) in [6.07, 6.45) is 1.66. The smallest absolute Gasteiger partial charge is 0.296 e. The van der Waals surface area contributed by atoms with Crippen LogP contribution in [-0.4, -0.2) is 23.1 Å². The van der Waals surface area contributed by atoms with E-state index in [9.17, 15) is 14.7 Å². The maximum atomic E-state index is 13.6. The summed E-state index contributed by atoms with van der Waals surface area (Å²) in [5.41, 5.74) is 2.76. The minimum Gasteiger partial charge on any atom is -0.504 e. The standard InChI is InChI=1S/C25H20N2O5/c1-13-4-8-18-16(10-13)23(29)21-22(15-6-7-17(28)19(11-15)31-3)27(25(30)24(21)32-18)20-9-5-14(2)12-26-20/h4-12,22,28H,1-3H3. The molecule has 0 aliphatic carbocycles. The van der Waals surface area contributed by atoms with Gasteiger partial charge in [0.25, 0.3) is 5.91 Å². The van der Waals surface area contributed by atoms with Gasteiger partial charge in [0.15, 0.2) is 16.9 Å². The average molecular weight is 428 g/mol. The van der Waals surface area contributed by atoms with Crippen LogP contribution in [0.5, 0.6) is 11.5 Å². The van der Waals surface area contributed by atoms with E-state index in [2.05, 4.69) is 4.98 Å². The second-order valence-corrected chi connectivity index (χ2v) is 7.88. The van der Waals surface area contributed by atoms with Crippen LogP contribution in [0.25, 0.3) is 11.0 Å². The van der Waals surface area contributed by atoms with E-state index in [1.54, 1.807) is 36.5 Å². The minimum absolute atomic E-state index is 0.00855. The molecule has 0 spiro atoms. The molecule has 2 aromatic heterocycles. The Morgan fingerprint density at radius 1 is 1.03 bits per heavy atom. The number of methoxy groups -OCH3 is 1. The SMILES string of the molecule is COc1cc(C2c3c(oc4ccc(C)cc4c3=O)C(=O)N2c2ccc(C)cn2)ccc1O. The monoisotopic (exact) mass is 428 g/mol. The van der Waals surface area contributed by atoms with Gasteiger partial charge in [-0.25, -0.2) is 4.98 Å².